The van der Waals surface area contributed by atoms with Crippen LogP contribution >= 0.6 is 0 Å². The topological polar surface area (TPSA) is 42.2 Å². The Morgan fingerprint density at radius 3 is 2.88 bits per heavy atom. The Labute approximate surface area is 104 Å². The highest BCUT2D eigenvalue weighted by Gasteiger charge is 2.28. The van der Waals surface area contributed by atoms with E-state index in [4.69, 9.17) is 5.73 Å². The van der Waals surface area contributed by atoms with Crippen LogP contribution in [0.25, 0.3) is 0 Å². The Morgan fingerprint density at radius 1 is 1.47 bits per heavy atom. The Kier molecular flexibility index (Phi) is 4.13. The van der Waals surface area contributed by atoms with Gasteiger partial charge >= 0.3 is 0 Å². The average Bonchev–Trinajstić information content (AvgIpc) is 2.30. The fourth-order valence-corrected chi connectivity index (χ4v) is 2.82. The number of nitrogens with zero attached hydrogens (tertiary/aromatic N) is 2. The van der Waals surface area contributed by atoms with Crippen molar-refractivity contribution < 1.29 is 0 Å². The van der Waals surface area contributed by atoms with Crippen molar-refractivity contribution in [3.63, 3.8) is 0 Å². The minimum atomic E-state index is 0.121. The van der Waals surface area contributed by atoms with Gasteiger partial charge in [-0.15, -0.1) is 0 Å². The first-order valence-electron chi connectivity index (χ1n) is 6.59. The quantitative estimate of drug-likeness (QED) is 0.870. The largest absolute Gasteiger partial charge is 0.326 e. The molecule has 1 fully saturated rings. The maximum Gasteiger partial charge on any atom is 0.0671 e. The second-order valence-corrected chi connectivity index (χ2v) is 5.30. The molecule has 3 nitrogen and oxygen atoms in total. The molecule has 0 amide bonds. The van der Waals surface area contributed by atoms with E-state index in [1.165, 1.54) is 12.8 Å². The fraction of sp³-hybridized carbons (Fsp3) is 0.643. The van der Waals surface area contributed by atoms with Gasteiger partial charge in [0.05, 0.1) is 11.7 Å². The molecule has 2 N–H and O–H groups in total. The maximum atomic E-state index is 6.16. The van der Waals surface area contributed by atoms with Gasteiger partial charge in [0.25, 0.3) is 0 Å². The van der Waals surface area contributed by atoms with Gasteiger partial charge in [-0.05, 0) is 44.4 Å². The number of hydrogen-bond donors (Lipinski definition) is 1. The van der Waals surface area contributed by atoms with Crippen molar-refractivity contribution in [2.75, 3.05) is 13.1 Å². The molecule has 0 spiro atoms. The summed E-state index contributed by atoms with van der Waals surface area (Å²) in [5.74, 6) is 0.772. The lowest BCUT2D eigenvalue weighted by Crippen LogP contribution is -2.44. The summed E-state index contributed by atoms with van der Waals surface area (Å²) in [5, 5.41) is 0. The number of rotatable bonds is 3. The van der Waals surface area contributed by atoms with E-state index in [-0.39, 0.29) is 12.1 Å². The van der Waals surface area contributed by atoms with Gasteiger partial charge in [0, 0.05) is 18.8 Å². The monoisotopic (exact) mass is 233 g/mol. The molecule has 2 rings (SSSR count). The molecular weight excluding hydrogens is 210 g/mol. The molecule has 1 aliphatic heterocycles. The molecule has 1 aliphatic rings. The molecule has 1 aromatic rings. The van der Waals surface area contributed by atoms with E-state index in [9.17, 15) is 0 Å². The predicted molar refractivity (Wildman–Crippen MR) is 70.6 cm³/mol. The van der Waals surface area contributed by atoms with Crippen LogP contribution in [0.2, 0.25) is 0 Å². The highest BCUT2D eigenvalue weighted by atomic mass is 15.2. The summed E-state index contributed by atoms with van der Waals surface area (Å²) < 4.78 is 0. The van der Waals surface area contributed by atoms with Crippen LogP contribution in [0.15, 0.2) is 24.4 Å². The van der Waals surface area contributed by atoms with Crippen LogP contribution in [0.4, 0.5) is 0 Å². The van der Waals surface area contributed by atoms with Crippen molar-refractivity contribution in [2.45, 2.75) is 38.8 Å². The SMILES string of the molecule is CC1CCCN(C(c2ccccn2)C(C)N)C1. The van der Waals surface area contributed by atoms with Crippen LogP contribution in [-0.4, -0.2) is 29.0 Å². The van der Waals surface area contributed by atoms with Gasteiger partial charge in [0.2, 0.25) is 0 Å². The maximum absolute atomic E-state index is 6.16. The first-order chi connectivity index (χ1) is 8.18. The van der Waals surface area contributed by atoms with Crippen LogP contribution in [0, 0.1) is 5.92 Å². The van der Waals surface area contributed by atoms with Crippen molar-refractivity contribution >= 4 is 0 Å². The highest BCUT2D eigenvalue weighted by molar-refractivity contribution is 5.11. The molecule has 17 heavy (non-hydrogen) atoms. The number of likely N-dealkylation sites (tertiary alicyclic amines) is 1. The summed E-state index contributed by atoms with van der Waals surface area (Å²) in [7, 11) is 0. The molecular formula is C14H23N3. The number of pyridine rings is 1. The van der Waals surface area contributed by atoms with Crippen LogP contribution < -0.4 is 5.73 Å². The molecule has 1 saturated heterocycles. The summed E-state index contributed by atoms with van der Waals surface area (Å²) in [6.45, 7) is 6.69. The van der Waals surface area contributed by atoms with Gasteiger partial charge < -0.3 is 5.73 Å². The van der Waals surface area contributed by atoms with Crippen molar-refractivity contribution in [3.8, 4) is 0 Å². The molecule has 3 unspecified atom stereocenters. The zero-order valence-electron chi connectivity index (χ0n) is 10.8. The van der Waals surface area contributed by atoms with E-state index >= 15 is 0 Å². The van der Waals surface area contributed by atoms with Gasteiger partial charge in [-0.2, -0.15) is 0 Å². The second kappa shape index (κ2) is 5.61. The molecule has 0 bridgehead atoms. The lowest BCUT2D eigenvalue weighted by Gasteiger charge is -2.38. The van der Waals surface area contributed by atoms with E-state index in [0.717, 1.165) is 24.7 Å². The summed E-state index contributed by atoms with van der Waals surface area (Å²) >= 11 is 0. The van der Waals surface area contributed by atoms with Gasteiger partial charge in [0.1, 0.15) is 0 Å². The average molecular weight is 233 g/mol. The zero-order chi connectivity index (χ0) is 12.3. The summed E-state index contributed by atoms with van der Waals surface area (Å²) in [6, 6.07) is 6.48. The predicted octanol–water partition coefficient (Wildman–Crippen LogP) is 2.20. The van der Waals surface area contributed by atoms with Gasteiger partial charge in [0.15, 0.2) is 0 Å². The normalized spacial score (nSPS) is 25.5. The summed E-state index contributed by atoms with van der Waals surface area (Å²) in [4.78, 5) is 6.98. The molecule has 3 heteroatoms. The summed E-state index contributed by atoms with van der Waals surface area (Å²) in [5.41, 5.74) is 7.27. The summed E-state index contributed by atoms with van der Waals surface area (Å²) in [6.07, 6.45) is 4.47. The van der Waals surface area contributed by atoms with Crippen molar-refractivity contribution in [1.29, 1.82) is 0 Å². The lowest BCUT2D eigenvalue weighted by atomic mass is 9.95. The van der Waals surface area contributed by atoms with E-state index in [1.807, 2.05) is 18.3 Å². The smallest absolute Gasteiger partial charge is 0.0671 e. The van der Waals surface area contributed by atoms with Gasteiger partial charge in [-0.1, -0.05) is 13.0 Å². The van der Waals surface area contributed by atoms with Gasteiger partial charge in [-0.25, -0.2) is 0 Å². The molecule has 3 atom stereocenters. The van der Waals surface area contributed by atoms with Crippen LogP contribution in [0.3, 0.4) is 0 Å². The standard InChI is InChI=1S/C14H23N3/c1-11-6-5-9-17(10-11)14(12(2)15)13-7-3-4-8-16-13/h3-4,7-8,11-12,14H,5-6,9-10,15H2,1-2H3. The fourth-order valence-electron chi connectivity index (χ4n) is 2.82. The van der Waals surface area contributed by atoms with Crippen molar-refractivity contribution in [1.82, 2.24) is 9.88 Å². The number of aromatic nitrogens is 1. The lowest BCUT2D eigenvalue weighted by molar-refractivity contribution is 0.113. The third-order valence-electron chi connectivity index (χ3n) is 3.57. The first-order valence-corrected chi connectivity index (χ1v) is 6.59. The molecule has 0 aliphatic carbocycles. The van der Waals surface area contributed by atoms with Gasteiger partial charge in [-0.3, -0.25) is 9.88 Å². The number of piperidine rings is 1. The second-order valence-electron chi connectivity index (χ2n) is 5.30. The highest BCUT2D eigenvalue weighted by Crippen LogP contribution is 2.27. The molecule has 0 saturated carbocycles. The third-order valence-corrected chi connectivity index (χ3v) is 3.57. The molecule has 0 aromatic carbocycles. The van der Waals surface area contributed by atoms with Crippen molar-refractivity contribution in [2.24, 2.45) is 11.7 Å². The van der Waals surface area contributed by atoms with E-state index in [2.05, 4.69) is 29.8 Å². The van der Waals surface area contributed by atoms with E-state index in [1.54, 1.807) is 0 Å². The molecule has 2 heterocycles. The molecule has 0 radical (unpaired) electrons. The Balaban J connectivity index is 2.17. The minimum absolute atomic E-state index is 0.121. The van der Waals surface area contributed by atoms with Crippen molar-refractivity contribution in [3.05, 3.63) is 30.1 Å². The van der Waals surface area contributed by atoms with E-state index in [0.29, 0.717) is 0 Å². The Morgan fingerprint density at radius 2 is 2.29 bits per heavy atom. The molecule has 94 valence electrons. The van der Waals surface area contributed by atoms with Crippen LogP contribution in [0.5, 0.6) is 0 Å². The van der Waals surface area contributed by atoms with Crippen LogP contribution in [0.1, 0.15) is 38.4 Å². The Bertz CT molecular complexity index is 337. The van der Waals surface area contributed by atoms with Crippen LogP contribution in [-0.2, 0) is 0 Å². The first kappa shape index (κ1) is 12.5. The van der Waals surface area contributed by atoms with E-state index < -0.39 is 0 Å². The minimum Gasteiger partial charge on any atom is -0.326 e. The zero-order valence-corrected chi connectivity index (χ0v) is 10.8. The Hall–Kier alpha value is -0.930. The number of hydrogen-bond acceptors (Lipinski definition) is 3. The number of nitrogens with two attached hydrogens (primary N) is 1. The molecule has 1 aromatic heterocycles. The third kappa shape index (κ3) is 3.05.